The first-order valence-corrected chi connectivity index (χ1v) is 9.52. The highest BCUT2D eigenvalue weighted by molar-refractivity contribution is 5.67. The lowest BCUT2D eigenvalue weighted by molar-refractivity contribution is 0.0392. The molecule has 0 rings (SSSR count). The number of carbonyl (C=O) groups is 1. The first kappa shape index (κ1) is 21.3. The van der Waals surface area contributed by atoms with Crippen molar-refractivity contribution in [2.24, 2.45) is 5.92 Å². The van der Waals surface area contributed by atoms with E-state index in [1.54, 1.807) is 0 Å². The minimum Gasteiger partial charge on any atom is -0.446 e. The molecule has 0 aromatic rings. The van der Waals surface area contributed by atoms with E-state index in [9.17, 15) is 4.79 Å². The molecule has 1 amide bonds. The highest BCUT2D eigenvalue weighted by Gasteiger charge is 2.20. The van der Waals surface area contributed by atoms with Gasteiger partial charge in [-0.15, -0.1) is 0 Å². The summed E-state index contributed by atoms with van der Waals surface area (Å²) in [5.41, 5.74) is 0. The van der Waals surface area contributed by atoms with E-state index < -0.39 is 0 Å². The fourth-order valence-electron chi connectivity index (χ4n) is 2.65. The van der Waals surface area contributed by atoms with E-state index >= 15 is 0 Å². The molecule has 1 atom stereocenters. The van der Waals surface area contributed by atoms with E-state index in [1.807, 2.05) is 4.90 Å². The molecule has 22 heavy (non-hydrogen) atoms. The van der Waals surface area contributed by atoms with Crippen LogP contribution in [0.5, 0.6) is 0 Å². The molecular formula is C19H39NO2. The largest absolute Gasteiger partial charge is 0.446 e. The Labute approximate surface area is 138 Å². The summed E-state index contributed by atoms with van der Waals surface area (Å²) >= 11 is 0. The Kier molecular flexibility index (Phi) is 13.4. The molecule has 0 aliphatic rings. The minimum atomic E-state index is -0.103. The van der Waals surface area contributed by atoms with Gasteiger partial charge in [-0.2, -0.15) is 0 Å². The molecular weight excluding hydrogens is 274 g/mol. The van der Waals surface area contributed by atoms with Gasteiger partial charge in [0.15, 0.2) is 0 Å². The van der Waals surface area contributed by atoms with E-state index in [2.05, 4.69) is 34.6 Å². The Morgan fingerprint density at radius 2 is 1.36 bits per heavy atom. The summed E-state index contributed by atoms with van der Waals surface area (Å²) in [6.45, 7) is 12.4. The van der Waals surface area contributed by atoms with E-state index in [0.717, 1.165) is 32.4 Å². The van der Waals surface area contributed by atoms with Crippen molar-refractivity contribution in [2.45, 2.75) is 98.5 Å². The third kappa shape index (κ3) is 10.1. The second-order valence-electron chi connectivity index (χ2n) is 6.68. The lowest BCUT2D eigenvalue weighted by atomic mass is 10.1. The van der Waals surface area contributed by atoms with Crippen LogP contribution in [0.2, 0.25) is 0 Å². The SMILES string of the molecule is CCCCCCN(CCCCCC)C(=O)OC(CC)C(C)C. The van der Waals surface area contributed by atoms with Gasteiger partial charge >= 0.3 is 6.09 Å². The zero-order valence-electron chi connectivity index (χ0n) is 15.7. The summed E-state index contributed by atoms with van der Waals surface area (Å²) in [5.74, 6) is 0.385. The molecule has 0 radical (unpaired) electrons. The van der Waals surface area contributed by atoms with Gasteiger partial charge in [-0.25, -0.2) is 4.79 Å². The molecule has 1 unspecified atom stereocenters. The lowest BCUT2D eigenvalue weighted by Crippen LogP contribution is -2.37. The van der Waals surface area contributed by atoms with Crippen molar-refractivity contribution in [3.63, 3.8) is 0 Å². The second kappa shape index (κ2) is 13.9. The van der Waals surface area contributed by atoms with Gasteiger partial charge in [0.2, 0.25) is 0 Å². The van der Waals surface area contributed by atoms with Crippen molar-refractivity contribution in [1.82, 2.24) is 4.90 Å². The Hall–Kier alpha value is -0.730. The number of nitrogens with zero attached hydrogens (tertiary/aromatic N) is 1. The molecule has 0 heterocycles. The molecule has 132 valence electrons. The van der Waals surface area contributed by atoms with Crippen LogP contribution in [-0.4, -0.2) is 30.2 Å². The standard InChI is InChI=1S/C19H39NO2/c1-6-9-11-13-15-20(16-14-12-10-7-2)19(21)22-18(8-3)17(4)5/h17-18H,6-16H2,1-5H3. The molecule has 0 saturated heterocycles. The van der Waals surface area contributed by atoms with E-state index in [1.165, 1.54) is 38.5 Å². The maximum Gasteiger partial charge on any atom is 0.410 e. The summed E-state index contributed by atoms with van der Waals surface area (Å²) in [6.07, 6.45) is 10.4. The van der Waals surface area contributed by atoms with Crippen LogP contribution in [0.4, 0.5) is 4.79 Å². The van der Waals surface area contributed by atoms with E-state index in [-0.39, 0.29) is 12.2 Å². The molecule has 0 bridgehead atoms. The fourth-order valence-corrected chi connectivity index (χ4v) is 2.65. The normalized spacial score (nSPS) is 12.5. The number of unbranched alkanes of at least 4 members (excludes halogenated alkanes) is 6. The number of rotatable bonds is 13. The van der Waals surface area contributed by atoms with Crippen LogP contribution in [0, 0.1) is 5.92 Å². The van der Waals surface area contributed by atoms with Gasteiger partial charge in [0.1, 0.15) is 6.10 Å². The molecule has 0 N–H and O–H groups in total. The van der Waals surface area contributed by atoms with Crippen molar-refractivity contribution in [1.29, 1.82) is 0 Å². The molecule has 3 heteroatoms. The van der Waals surface area contributed by atoms with E-state index in [0.29, 0.717) is 5.92 Å². The van der Waals surface area contributed by atoms with Crippen LogP contribution in [0.1, 0.15) is 92.4 Å². The van der Waals surface area contributed by atoms with Crippen LogP contribution >= 0.6 is 0 Å². The third-order valence-electron chi connectivity index (χ3n) is 4.22. The van der Waals surface area contributed by atoms with Gasteiger partial charge < -0.3 is 9.64 Å². The number of hydrogen-bond acceptors (Lipinski definition) is 2. The monoisotopic (exact) mass is 313 g/mol. The first-order chi connectivity index (χ1) is 10.6. The number of hydrogen-bond donors (Lipinski definition) is 0. The van der Waals surface area contributed by atoms with Crippen molar-refractivity contribution < 1.29 is 9.53 Å². The number of carbonyl (C=O) groups excluding carboxylic acids is 1. The maximum atomic E-state index is 12.4. The maximum absolute atomic E-state index is 12.4. The molecule has 0 saturated carbocycles. The smallest absolute Gasteiger partial charge is 0.410 e. The first-order valence-electron chi connectivity index (χ1n) is 9.52. The Morgan fingerprint density at radius 3 is 1.73 bits per heavy atom. The molecule has 3 nitrogen and oxygen atoms in total. The fraction of sp³-hybridized carbons (Fsp3) is 0.947. The Balaban J connectivity index is 4.35. The Morgan fingerprint density at radius 1 is 0.864 bits per heavy atom. The van der Waals surface area contributed by atoms with Crippen LogP contribution in [0.3, 0.4) is 0 Å². The summed E-state index contributed by atoms with van der Waals surface area (Å²) in [5, 5.41) is 0. The third-order valence-corrected chi connectivity index (χ3v) is 4.22. The van der Waals surface area contributed by atoms with E-state index in [4.69, 9.17) is 4.74 Å². The van der Waals surface area contributed by atoms with Crippen LogP contribution in [0.15, 0.2) is 0 Å². The van der Waals surface area contributed by atoms with Gasteiger partial charge in [-0.3, -0.25) is 0 Å². The van der Waals surface area contributed by atoms with Gasteiger partial charge in [-0.05, 0) is 25.2 Å². The number of ether oxygens (including phenoxy) is 1. The predicted octanol–water partition coefficient (Wildman–Crippen LogP) is 6.02. The van der Waals surface area contributed by atoms with Crippen LogP contribution in [0.25, 0.3) is 0 Å². The topological polar surface area (TPSA) is 29.5 Å². The molecule has 0 aromatic heterocycles. The van der Waals surface area contributed by atoms with Gasteiger partial charge in [-0.1, -0.05) is 73.1 Å². The average Bonchev–Trinajstić information content (AvgIpc) is 2.50. The zero-order chi connectivity index (χ0) is 16.8. The number of amides is 1. The van der Waals surface area contributed by atoms with Crippen molar-refractivity contribution >= 4 is 6.09 Å². The highest BCUT2D eigenvalue weighted by Crippen LogP contribution is 2.14. The second-order valence-corrected chi connectivity index (χ2v) is 6.68. The highest BCUT2D eigenvalue weighted by atomic mass is 16.6. The van der Waals surface area contributed by atoms with Gasteiger partial charge in [0.05, 0.1) is 0 Å². The predicted molar refractivity (Wildman–Crippen MR) is 95.3 cm³/mol. The average molecular weight is 314 g/mol. The summed E-state index contributed by atoms with van der Waals surface area (Å²) in [6, 6.07) is 0. The van der Waals surface area contributed by atoms with Gasteiger partial charge in [0.25, 0.3) is 0 Å². The molecule has 0 aliphatic heterocycles. The summed E-state index contributed by atoms with van der Waals surface area (Å²) in [7, 11) is 0. The molecule has 0 aliphatic carbocycles. The molecule has 0 fully saturated rings. The summed E-state index contributed by atoms with van der Waals surface area (Å²) in [4.78, 5) is 14.4. The minimum absolute atomic E-state index is 0.0429. The van der Waals surface area contributed by atoms with Crippen molar-refractivity contribution in [2.75, 3.05) is 13.1 Å². The molecule has 0 aromatic carbocycles. The van der Waals surface area contributed by atoms with Gasteiger partial charge in [0, 0.05) is 13.1 Å². The molecule has 0 spiro atoms. The summed E-state index contributed by atoms with van der Waals surface area (Å²) < 4.78 is 5.72. The quantitative estimate of drug-likeness (QED) is 0.389. The zero-order valence-corrected chi connectivity index (χ0v) is 15.7. The van der Waals surface area contributed by atoms with Crippen molar-refractivity contribution in [3.05, 3.63) is 0 Å². The van der Waals surface area contributed by atoms with Crippen LogP contribution in [-0.2, 0) is 4.74 Å². The van der Waals surface area contributed by atoms with Crippen LogP contribution < -0.4 is 0 Å². The lowest BCUT2D eigenvalue weighted by Gasteiger charge is -2.27. The van der Waals surface area contributed by atoms with Crippen molar-refractivity contribution in [3.8, 4) is 0 Å². The Bertz CT molecular complexity index is 254.